The van der Waals surface area contributed by atoms with Crippen molar-refractivity contribution in [2.24, 2.45) is 4.99 Å². The number of guanidine groups is 1. The molecule has 1 aliphatic rings. The highest BCUT2D eigenvalue weighted by Crippen LogP contribution is 2.23. The smallest absolute Gasteiger partial charge is 0.232 e. The Morgan fingerprint density at radius 1 is 1.37 bits per heavy atom. The van der Waals surface area contributed by atoms with E-state index < -0.39 is 0 Å². The van der Waals surface area contributed by atoms with Crippen LogP contribution in [0.15, 0.2) is 32.5 Å². The SMILES string of the molecule is CCNC(=NCc1ccsc1)N1CCN(c2ncc(Br)c(OC)n2)CC1.I. The van der Waals surface area contributed by atoms with Crippen LogP contribution in [0, 0.1) is 0 Å². The lowest BCUT2D eigenvalue weighted by atomic mass is 10.3. The summed E-state index contributed by atoms with van der Waals surface area (Å²) in [6.45, 7) is 7.09. The Morgan fingerprint density at radius 2 is 2.15 bits per heavy atom. The molecule has 1 N–H and O–H groups in total. The van der Waals surface area contributed by atoms with E-state index in [1.807, 2.05) is 0 Å². The van der Waals surface area contributed by atoms with E-state index in [9.17, 15) is 0 Å². The summed E-state index contributed by atoms with van der Waals surface area (Å²) in [4.78, 5) is 18.1. The third-order valence-corrected chi connectivity index (χ3v) is 5.36. The van der Waals surface area contributed by atoms with Crippen molar-refractivity contribution >= 4 is 63.2 Å². The third kappa shape index (κ3) is 5.92. The molecular formula is C17H24BrIN6OS. The number of aliphatic imine (C=N–C) groups is 1. The molecule has 1 fully saturated rings. The van der Waals surface area contributed by atoms with Crippen LogP contribution in [-0.4, -0.2) is 60.7 Å². The van der Waals surface area contributed by atoms with E-state index in [-0.39, 0.29) is 24.0 Å². The van der Waals surface area contributed by atoms with Crippen LogP contribution >= 0.6 is 51.2 Å². The van der Waals surface area contributed by atoms with E-state index in [1.165, 1.54) is 5.56 Å². The summed E-state index contributed by atoms with van der Waals surface area (Å²) >= 11 is 5.10. The number of methoxy groups -OCH3 is 1. The molecular weight excluding hydrogens is 543 g/mol. The standard InChI is InChI=1S/C17H23BrN6OS.HI/c1-3-19-16(20-10-13-4-9-26-12-13)23-5-7-24(8-6-23)17-21-11-14(18)15(22-17)25-2;/h4,9,11-12H,3,5-8,10H2,1-2H3,(H,19,20);1H. The molecule has 0 spiro atoms. The van der Waals surface area contributed by atoms with Crippen molar-refractivity contribution in [3.05, 3.63) is 33.1 Å². The van der Waals surface area contributed by atoms with Gasteiger partial charge in [0, 0.05) is 32.7 Å². The molecule has 3 heterocycles. The number of aromatic nitrogens is 2. The highest BCUT2D eigenvalue weighted by molar-refractivity contribution is 14.0. The lowest BCUT2D eigenvalue weighted by Crippen LogP contribution is -2.53. The number of ether oxygens (including phenoxy) is 1. The topological polar surface area (TPSA) is 65.9 Å². The molecule has 0 atom stereocenters. The molecule has 0 aliphatic carbocycles. The van der Waals surface area contributed by atoms with E-state index >= 15 is 0 Å². The number of nitrogens with zero attached hydrogens (tertiary/aromatic N) is 5. The molecule has 7 nitrogen and oxygen atoms in total. The van der Waals surface area contributed by atoms with Crippen molar-refractivity contribution in [1.29, 1.82) is 0 Å². The molecule has 2 aromatic rings. The molecule has 10 heteroatoms. The number of halogens is 2. The minimum atomic E-state index is 0. The van der Waals surface area contributed by atoms with E-state index in [2.05, 4.69) is 64.8 Å². The van der Waals surface area contributed by atoms with Crippen LogP contribution in [0.25, 0.3) is 0 Å². The Balaban J connectivity index is 0.00000261. The maximum Gasteiger partial charge on any atom is 0.232 e. The Hall–Kier alpha value is -1.14. The van der Waals surface area contributed by atoms with Gasteiger partial charge in [-0.3, -0.25) is 0 Å². The second-order valence-electron chi connectivity index (χ2n) is 5.80. The molecule has 0 unspecified atom stereocenters. The van der Waals surface area contributed by atoms with Crippen molar-refractivity contribution in [3.8, 4) is 5.88 Å². The van der Waals surface area contributed by atoms with Crippen molar-refractivity contribution in [1.82, 2.24) is 20.2 Å². The second kappa shape index (κ2) is 11.0. The molecule has 1 saturated heterocycles. The van der Waals surface area contributed by atoms with E-state index in [0.29, 0.717) is 18.4 Å². The molecule has 0 bridgehead atoms. The maximum absolute atomic E-state index is 5.27. The van der Waals surface area contributed by atoms with Gasteiger partial charge in [0.1, 0.15) is 0 Å². The molecule has 0 saturated carbocycles. The van der Waals surface area contributed by atoms with Gasteiger partial charge in [-0.2, -0.15) is 16.3 Å². The highest BCUT2D eigenvalue weighted by atomic mass is 127. The Morgan fingerprint density at radius 3 is 2.78 bits per heavy atom. The molecule has 2 aromatic heterocycles. The zero-order valence-electron chi connectivity index (χ0n) is 15.4. The van der Waals surface area contributed by atoms with Gasteiger partial charge in [0.15, 0.2) is 5.96 Å². The Labute approximate surface area is 189 Å². The first-order valence-electron chi connectivity index (χ1n) is 8.57. The molecule has 0 amide bonds. The normalized spacial score (nSPS) is 14.7. The number of anilines is 1. The maximum atomic E-state index is 5.27. The second-order valence-corrected chi connectivity index (χ2v) is 7.44. The molecule has 27 heavy (non-hydrogen) atoms. The molecule has 1 aliphatic heterocycles. The van der Waals surface area contributed by atoms with Crippen LogP contribution in [0.3, 0.4) is 0 Å². The van der Waals surface area contributed by atoms with Gasteiger partial charge in [0.05, 0.1) is 24.3 Å². The van der Waals surface area contributed by atoms with Crippen LogP contribution in [0.1, 0.15) is 12.5 Å². The number of nitrogens with one attached hydrogen (secondary N) is 1. The fourth-order valence-corrected chi connectivity index (χ4v) is 3.74. The van der Waals surface area contributed by atoms with Gasteiger partial charge in [-0.25, -0.2) is 9.98 Å². The summed E-state index contributed by atoms with van der Waals surface area (Å²) in [5.74, 6) is 2.22. The molecule has 0 aromatic carbocycles. The summed E-state index contributed by atoms with van der Waals surface area (Å²) in [5.41, 5.74) is 1.25. The number of rotatable bonds is 5. The minimum absolute atomic E-state index is 0. The zero-order valence-corrected chi connectivity index (χ0v) is 20.1. The largest absolute Gasteiger partial charge is 0.480 e. The quantitative estimate of drug-likeness (QED) is 0.341. The van der Waals surface area contributed by atoms with Gasteiger partial charge in [0.25, 0.3) is 0 Å². The summed E-state index contributed by atoms with van der Waals surface area (Å²) in [6.07, 6.45) is 1.74. The van der Waals surface area contributed by atoms with Gasteiger partial charge in [-0.15, -0.1) is 24.0 Å². The Bertz CT molecular complexity index is 737. The molecule has 148 valence electrons. The minimum Gasteiger partial charge on any atom is -0.480 e. The summed E-state index contributed by atoms with van der Waals surface area (Å²) < 4.78 is 6.03. The van der Waals surface area contributed by atoms with Gasteiger partial charge < -0.3 is 19.9 Å². The lowest BCUT2D eigenvalue weighted by molar-refractivity contribution is 0.366. The van der Waals surface area contributed by atoms with Crippen LogP contribution in [0.4, 0.5) is 5.95 Å². The summed E-state index contributed by atoms with van der Waals surface area (Å²) in [5, 5.41) is 7.63. The Kier molecular flexibility index (Phi) is 9.03. The van der Waals surface area contributed by atoms with Crippen molar-refractivity contribution in [2.75, 3.05) is 44.7 Å². The van der Waals surface area contributed by atoms with Crippen molar-refractivity contribution < 1.29 is 4.74 Å². The lowest BCUT2D eigenvalue weighted by Gasteiger charge is -2.36. The highest BCUT2D eigenvalue weighted by Gasteiger charge is 2.22. The van der Waals surface area contributed by atoms with Gasteiger partial charge in [-0.05, 0) is 45.2 Å². The van der Waals surface area contributed by atoms with E-state index in [4.69, 9.17) is 9.73 Å². The van der Waals surface area contributed by atoms with Crippen LogP contribution in [0.5, 0.6) is 5.88 Å². The van der Waals surface area contributed by atoms with Crippen LogP contribution in [0.2, 0.25) is 0 Å². The average molecular weight is 567 g/mol. The molecule has 0 radical (unpaired) electrons. The van der Waals surface area contributed by atoms with Crippen LogP contribution < -0.4 is 15.0 Å². The monoisotopic (exact) mass is 566 g/mol. The fraction of sp³-hybridized carbons (Fsp3) is 0.471. The van der Waals surface area contributed by atoms with Crippen molar-refractivity contribution in [2.45, 2.75) is 13.5 Å². The number of hydrogen-bond donors (Lipinski definition) is 1. The van der Waals surface area contributed by atoms with Crippen LogP contribution in [-0.2, 0) is 6.54 Å². The van der Waals surface area contributed by atoms with Gasteiger partial charge >= 0.3 is 0 Å². The average Bonchev–Trinajstić information content (AvgIpc) is 3.19. The molecule has 3 rings (SSSR count). The first kappa shape index (κ1) is 22.2. The number of thiophene rings is 1. The predicted molar refractivity (Wildman–Crippen MR) is 125 cm³/mol. The third-order valence-electron chi connectivity index (χ3n) is 4.08. The van der Waals surface area contributed by atoms with E-state index in [1.54, 1.807) is 24.6 Å². The van der Waals surface area contributed by atoms with Gasteiger partial charge in [0.2, 0.25) is 11.8 Å². The zero-order chi connectivity index (χ0) is 18.4. The summed E-state index contributed by atoms with van der Waals surface area (Å²) in [6, 6.07) is 2.12. The number of hydrogen-bond acceptors (Lipinski definition) is 6. The van der Waals surface area contributed by atoms with Gasteiger partial charge in [-0.1, -0.05) is 0 Å². The number of piperazine rings is 1. The summed E-state index contributed by atoms with van der Waals surface area (Å²) in [7, 11) is 1.61. The fourth-order valence-electron chi connectivity index (χ4n) is 2.73. The first-order valence-corrected chi connectivity index (χ1v) is 10.3. The van der Waals surface area contributed by atoms with Crippen molar-refractivity contribution in [3.63, 3.8) is 0 Å². The first-order chi connectivity index (χ1) is 12.7. The van der Waals surface area contributed by atoms with E-state index in [0.717, 1.165) is 43.2 Å². The predicted octanol–water partition coefficient (Wildman–Crippen LogP) is 3.21.